The Hall–Kier alpha value is -2.77. The minimum absolute atomic E-state index is 0.136. The van der Waals surface area contributed by atoms with Gasteiger partial charge in [0.25, 0.3) is 5.91 Å². The van der Waals surface area contributed by atoms with Crippen LogP contribution in [-0.2, 0) is 9.47 Å². The molecular formula is C21H21FN2O4. The number of benzene rings is 2. The van der Waals surface area contributed by atoms with E-state index in [-0.39, 0.29) is 17.4 Å². The topological polar surface area (TPSA) is 73.6 Å². The molecule has 0 aliphatic carbocycles. The van der Waals surface area contributed by atoms with Crippen LogP contribution in [-0.4, -0.2) is 37.9 Å². The van der Waals surface area contributed by atoms with Crippen LogP contribution in [0.3, 0.4) is 0 Å². The number of carbonyl (C=O) groups excluding carboxylic acids is 1. The predicted molar refractivity (Wildman–Crippen MR) is 101 cm³/mol. The Morgan fingerprint density at radius 1 is 1.32 bits per heavy atom. The van der Waals surface area contributed by atoms with Crippen molar-refractivity contribution in [2.24, 2.45) is 5.92 Å². The van der Waals surface area contributed by atoms with Crippen molar-refractivity contribution in [1.29, 1.82) is 0 Å². The van der Waals surface area contributed by atoms with Crippen molar-refractivity contribution in [3.05, 3.63) is 65.3 Å². The number of aromatic nitrogens is 1. The molecule has 0 bridgehead atoms. The van der Waals surface area contributed by atoms with E-state index in [4.69, 9.17) is 14.0 Å². The van der Waals surface area contributed by atoms with Crippen molar-refractivity contribution in [3.8, 4) is 0 Å². The highest BCUT2D eigenvalue weighted by Gasteiger charge is 2.25. The normalized spacial score (nSPS) is 17.7. The molecule has 1 aliphatic rings. The van der Waals surface area contributed by atoms with Crippen LogP contribution in [0.5, 0.6) is 0 Å². The minimum atomic E-state index is -0.804. The van der Waals surface area contributed by atoms with Gasteiger partial charge in [0.1, 0.15) is 11.9 Å². The third-order valence-corrected chi connectivity index (χ3v) is 4.98. The molecule has 7 heteroatoms. The summed E-state index contributed by atoms with van der Waals surface area (Å²) in [4.78, 5) is 12.3. The number of nitrogens with one attached hydrogen (secondary N) is 1. The summed E-state index contributed by atoms with van der Waals surface area (Å²) in [5.74, 6) is -0.162. The molecule has 2 heterocycles. The fourth-order valence-corrected chi connectivity index (χ4v) is 3.42. The first-order chi connectivity index (χ1) is 13.7. The number of rotatable bonds is 6. The van der Waals surface area contributed by atoms with Gasteiger partial charge in [0.05, 0.1) is 6.61 Å². The highest BCUT2D eigenvalue weighted by Crippen LogP contribution is 2.31. The van der Waals surface area contributed by atoms with Gasteiger partial charge in [-0.2, -0.15) is 0 Å². The number of amides is 1. The van der Waals surface area contributed by atoms with Gasteiger partial charge >= 0.3 is 0 Å². The molecule has 146 valence electrons. The van der Waals surface area contributed by atoms with Crippen LogP contribution in [0.15, 0.2) is 47.0 Å². The molecule has 2 aromatic carbocycles. The van der Waals surface area contributed by atoms with E-state index in [1.807, 2.05) is 24.3 Å². The molecule has 1 aromatic heterocycles. The second-order valence-corrected chi connectivity index (χ2v) is 6.89. The summed E-state index contributed by atoms with van der Waals surface area (Å²) in [5, 5.41) is 8.34. The second-order valence-electron chi connectivity index (χ2n) is 6.89. The van der Waals surface area contributed by atoms with Gasteiger partial charge in [-0.15, -0.1) is 0 Å². The predicted octanol–water partition coefficient (Wildman–Crippen LogP) is 3.47. The molecule has 28 heavy (non-hydrogen) atoms. The Balaban J connectivity index is 1.54. The van der Waals surface area contributed by atoms with Gasteiger partial charge in [-0.05, 0) is 29.3 Å². The number of halogens is 1. The lowest BCUT2D eigenvalue weighted by atomic mass is 10.0. The molecule has 1 N–H and O–H groups in total. The Labute approximate surface area is 161 Å². The second kappa shape index (κ2) is 8.08. The van der Waals surface area contributed by atoms with Crippen LogP contribution in [0.25, 0.3) is 10.8 Å². The summed E-state index contributed by atoms with van der Waals surface area (Å²) in [6.07, 6.45) is 0.124. The number of hydrogen-bond donors (Lipinski definition) is 1. The largest absolute Gasteiger partial charge is 0.381 e. The Morgan fingerprint density at radius 2 is 2.11 bits per heavy atom. The number of hydrogen-bond acceptors (Lipinski definition) is 5. The van der Waals surface area contributed by atoms with Crippen molar-refractivity contribution in [2.45, 2.75) is 12.5 Å². The van der Waals surface area contributed by atoms with Crippen LogP contribution in [0.4, 0.5) is 4.39 Å². The van der Waals surface area contributed by atoms with E-state index in [2.05, 4.69) is 10.5 Å². The maximum Gasteiger partial charge on any atom is 0.273 e. The van der Waals surface area contributed by atoms with E-state index in [0.717, 1.165) is 23.8 Å². The third kappa shape index (κ3) is 3.76. The van der Waals surface area contributed by atoms with Crippen molar-refractivity contribution in [2.75, 3.05) is 26.9 Å². The average Bonchev–Trinajstić information content (AvgIpc) is 3.39. The summed E-state index contributed by atoms with van der Waals surface area (Å²) in [5.41, 5.74) is 0.463. The first-order valence-electron chi connectivity index (χ1n) is 9.19. The maximum atomic E-state index is 14.7. The lowest BCUT2D eigenvalue weighted by molar-refractivity contribution is 0.0931. The fourth-order valence-electron chi connectivity index (χ4n) is 3.42. The number of ether oxygens (including phenoxy) is 2. The van der Waals surface area contributed by atoms with Gasteiger partial charge in [0, 0.05) is 37.8 Å². The molecule has 6 nitrogen and oxygen atoms in total. The van der Waals surface area contributed by atoms with Crippen LogP contribution >= 0.6 is 0 Å². The Morgan fingerprint density at radius 3 is 2.82 bits per heavy atom. The van der Waals surface area contributed by atoms with E-state index in [9.17, 15) is 9.18 Å². The van der Waals surface area contributed by atoms with Gasteiger partial charge < -0.3 is 19.3 Å². The molecule has 1 aliphatic heterocycles. The Bertz CT molecular complexity index is 981. The molecular weight excluding hydrogens is 363 g/mol. The number of nitrogens with zero attached hydrogens (tertiary/aromatic N) is 1. The summed E-state index contributed by atoms with van der Waals surface area (Å²) in [6, 6.07) is 12.2. The minimum Gasteiger partial charge on any atom is -0.381 e. The average molecular weight is 384 g/mol. The SMILES string of the molecule is COC(c1cc(C(=O)NCC2CCOC2)no1)c1cc2ccccc2cc1F. The van der Waals surface area contributed by atoms with Crippen LogP contribution in [0.2, 0.25) is 0 Å². The molecule has 1 saturated heterocycles. The van der Waals surface area contributed by atoms with Crippen LogP contribution < -0.4 is 5.32 Å². The molecule has 4 rings (SSSR count). The van der Waals surface area contributed by atoms with Gasteiger partial charge in [0.15, 0.2) is 11.5 Å². The molecule has 1 fully saturated rings. The standard InChI is InChI=1S/C21H21FN2O4/c1-26-20(16-8-14-4-2-3-5-15(14)9-17(16)22)19-10-18(24-28-19)21(25)23-11-13-6-7-27-12-13/h2-5,8-10,13,20H,6-7,11-12H2,1H3,(H,23,25). The van der Waals surface area contributed by atoms with E-state index in [1.165, 1.54) is 19.2 Å². The van der Waals surface area contributed by atoms with E-state index in [1.54, 1.807) is 6.07 Å². The molecule has 0 radical (unpaired) electrons. The van der Waals surface area contributed by atoms with Crippen molar-refractivity contribution < 1.29 is 23.2 Å². The number of methoxy groups -OCH3 is 1. The summed E-state index contributed by atoms with van der Waals surface area (Å²) >= 11 is 0. The Kier molecular flexibility index (Phi) is 5.36. The molecule has 2 atom stereocenters. The van der Waals surface area contributed by atoms with Gasteiger partial charge in [-0.3, -0.25) is 4.79 Å². The zero-order valence-electron chi connectivity index (χ0n) is 15.5. The van der Waals surface area contributed by atoms with Crippen molar-refractivity contribution >= 4 is 16.7 Å². The zero-order chi connectivity index (χ0) is 19.5. The van der Waals surface area contributed by atoms with E-state index < -0.39 is 11.9 Å². The van der Waals surface area contributed by atoms with E-state index >= 15 is 0 Å². The first-order valence-corrected chi connectivity index (χ1v) is 9.19. The molecule has 3 aromatic rings. The molecule has 0 saturated carbocycles. The van der Waals surface area contributed by atoms with Gasteiger partial charge in [0.2, 0.25) is 0 Å². The quantitative estimate of drug-likeness (QED) is 0.705. The number of fused-ring (bicyclic) bond motifs is 1. The zero-order valence-corrected chi connectivity index (χ0v) is 15.5. The fraction of sp³-hybridized carbons (Fsp3) is 0.333. The summed E-state index contributed by atoms with van der Waals surface area (Å²) < 4.78 is 30.7. The monoisotopic (exact) mass is 384 g/mol. The van der Waals surface area contributed by atoms with Crippen molar-refractivity contribution in [1.82, 2.24) is 10.5 Å². The first kappa shape index (κ1) is 18.6. The van der Waals surface area contributed by atoms with Gasteiger partial charge in [-0.25, -0.2) is 4.39 Å². The van der Waals surface area contributed by atoms with Crippen LogP contribution in [0.1, 0.15) is 34.3 Å². The summed E-state index contributed by atoms with van der Waals surface area (Å²) in [6.45, 7) is 1.90. The molecule has 1 amide bonds. The lowest BCUT2D eigenvalue weighted by Gasteiger charge is -2.14. The number of carbonyl (C=O) groups is 1. The molecule has 0 spiro atoms. The van der Waals surface area contributed by atoms with Crippen LogP contribution in [0, 0.1) is 11.7 Å². The maximum absolute atomic E-state index is 14.7. The van der Waals surface area contributed by atoms with E-state index in [0.29, 0.717) is 24.6 Å². The smallest absolute Gasteiger partial charge is 0.273 e. The third-order valence-electron chi connectivity index (χ3n) is 4.98. The summed E-state index contributed by atoms with van der Waals surface area (Å²) in [7, 11) is 1.46. The van der Waals surface area contributed by atoms with Gasteiger partial charge in [-0.1, -0.05) is 29.4 Å². The molecule has 2 unspecified atom stereocenters. The van der Waals surface area contributed by atoms with Crippen molar-refractivity contribution in [3.63, 3.8) is 0 Å². The highest BCUT2D eigenvalue weighted by atomic mass is 19.1. The lowest BCUT2D eigenvalue weighted by Crippen LogP contribution is -2.29. The highest BCUT2D eigenvalue weighted by molar-refractivity contribution is 5.92.